The zero-order chi connectivity index (χ0) is 25.4. The van der Waals surface area contributed by atoms with E-state index in [1.807, 2.05) is 39.0 Å². The number of nitrogens with zero attached hydrogens (tertiary/aromatic N) is 3. The number of carbonyl (C=O) groups is 1. The maximum Gasteiger partial charge on any atom is 0.263 e. The van der Waals surface area contributed by atoms with Crippen LogP contribution in [0.4, 0.5) is 11.5 Å². The number of hydrogen-bond donors (Lipinski definition) is 3. The molecule has 5 heterocycles. The number of aryl methyl sites for hydroxylation is 2. The topological polar surface area (TPSA) is 129 Å². The number of anilines is 2. The second-order valence-corrected chi connectivity index (χ2v) is 10.3. The summed E-state index contributed by atoms with van der Waals surface area (Å²) >= 11 is 1.35. The van der Waals surface area contributed by atoms with Crippen molar-refractivity contribution in [1.82, 2.24) is 15.3 Å². The summed E-state index contributed by atoms with van der Waals surface area (Å²) in [6.07, 6.45) is 2.37. The number of nitrogens with one attached hydrogen (secondary N) is 1. The van der Waals surface area contributed by atoms with Crippen molar-refractivity contribution in [3.63, 3.8) is 0 Å². The molecule has 5 N–H and O–H groups in total. The lowest BCUT2D eigenvalue weighted by molar-refractivity contribution is -0.147. The van der Waals surface area contributed by atoms with Crippen LogP contribution in [0.2, 0.25) is 0 Å². The first kappa shape index (κ1) is 24.9. The molecule has 1 spiro atoms. The molecule has 2 fully saturated rings. The summed E-state index contributed by atoms with van der Waals surface area (Å²) < 4.78 is 11.7. The Hall–Kier alpha value is -2.79. The number of rotatable bonds is 3. The summed E-state index contributed by atoms with van der Waals surface area (Å²) in [5, 5.41) is 4.01. The van der Waals surface area contributed by atoms with Gasteiger partial charge in [0.25, 0.3) is 5.91 Å². The Kier molecular flexibility index (Phi) is 6.86. The summed E-state index contributed by atoms with van der Waals surface area (Å²) in [6.45, 7) is 8.32. The maximum absolute atomic E-state index is 13.0. The number of fused-ring (bicyclic) bond motifs is 2. The first-order chi connectivity index (χ1) is 17.4. The van der Waals surface area contributed by atoms with Crippen LogP contribution in [0.25, 0.3) is 10.2 Å². The number of pyridine rings is 2. The van der Waals surface area contributed by atoms with Gasteiger partial charge in [-0.05, 0) is 49.9 Å². The number of hydrogen-bond acceptors (Lipinski definition) is 9. The maximum atomic E-state index is 13.0. The first-order valence-electron chi connectivity index (χ1n) is 12.7. The third-order valence-electron chi connectivity index (χ3n) is 7.02. The van der Waals surface area contributed by atoms with Crippen LogP contribution in [0.15, 0.2) is 24.3 Å². The highest BCUT2D eigenvalue weighted by atomic mass is 32.1. The highest BCUT2D eigenvalue weighted by Crippen LogP contribution is 2.34. The fourth-order valence-electron chi connectivity index (χ4n) is 5.18. The minimum Gasteiger partial charge on any atom is -0.397 e. The molecule has 3 aromatic rings. The fourth-order valence-corrected chi connectivity index (χ4v) is 6.23. The van der Waals surface area contributed by atoms with Crippen LogP contribution in [-0.2, 0) is 22.3 Å². The lowest BCUT2D eigenvalue weighted by Gasteiger charge is -2.27. The SMILES string of the molecule is CC.Cc1ccc2c(N)c(C(=O)NC3CCc4nc(N5CC(N)C6(C5)OCCO6)ccc4C3)sc2n1. The van der Waals surface area contributed by atoms with Crippen LogP contribution in [0, 0.1) is 6.92 Å². The van der Waals surface area contributed by atoms with Gasteiger partial charge in [-0.1, -0.05) is 19.9 Å². The predicted octanol–water partition coefficient (Wildman–Crippen LogP) is 2.79. The lowest BCUT2D eigenvalue weighted by Crippen LogP contribution is -2.47. The summed E-state index contributed by atoms with van der Waals surface area (Å²) in [5.74, 6) is 0.0490. The molecule has 0 saturated carbocycles. The van der Waals surface area contributed by atoms with Crippen LogP contribution >= 0.6 is 11.3 Å². The monoisotopic (exact) mass is 510 g/mol. The number of thiophene rings is 1. The Morgan fingerprint density at radius 3 is 2.75 bits per heavy atom. The Morgan fingerprint density at radius 2 is 1.97 bits per heavy atom. The Bertz CT molecular complexity index is 1270. The molecule has 1 amide bonds. The predicted molar refractivity (Wildman–Crippen MR) is 142 cm³/mol. The van der Waals surface area contributed by atoms with Gasteiger partial charge in [0.05, 0.1) is 31.5 Å². The van der Waals surface area contributed by atoms with Crippen molar-refractivity contribution in [3.8, 4) is 0 Å². The zero-order valence-corrected chi connectivity index (χ0v) is 21.9. The first-order valence-corrected chi connectivity index (χ1v) is 13.5. The molecule has 2 unspecified atom stereocenters. The summed E-state index contributed by atoms with van der Waals surface area (Å²) in [4.78, 5) is 25.9. The van der Waals surface area contributed by atoms with Crippen molar-refractivity contribution < 1.29 is 14.3 Å². The molecule has 10 heteroatoms. The number of aromatic nitrogens is 2. The van der Waals surface area contributed by atoms with Gasteiger partial charge in [0, 0.05) is 29.4 Å². The number of carbonyl (C=O) groups excluding carboxylic acids is 1. The molecule has 0 aromatic carbocycles. The molecule has 2 saturated heterocycles. The quantitative estimate of drug-likeness (QED) is 0.491. The van der Waals surface area contributed by atoms with Gasteiger partial charge in [-0.2, -0.15) is 0 Å². The van der Waals surface area contributed by atoms with E-state index in [4.69, 9.17) is 25.9 Å². The molecule has 3 aliphatic rings. The molecule has 2 aliphatic heterocycles. The minimum atomic E-state index is -0.713. The Morgan fingerprint density at radius 1 is 1.19 bits per heavy atom. The van der Waals surface area contributed by atoms with Crippen molar-refractivity contribution in [3.05, 3.63) is 46.1 Å². The van der Waals surface area contributed by atoms with Crippen LogP contribution in [0.3, 0.4) is 0 Å². The standard InChI is InChI=1S/C24H28N6O3S.C2H6/c1-13-2-5-16-20(26)21(34-23(16)27-13)22(31)28-15-4-6-17-14(10-15)3-7-19(29-17)30-11-18(25)24(12-30)32-8-9-33-24;1-2/h2-3,5,7,15,18H,4,6,8-12,25-26H2,1H3,(H,28,31);1-2H3. The van der Waals surface area contributed by atoms with Crippen molar-refractivity contribution in [2.24, 2.45) is 5.73 Å². The van der Waals surface area contributed by atoms with Gasteiger partial charge < -0.3 is 31.2 Å². The normalized spacial score (nSPS) is 22.4. The molecule has 0 radical (unpaired) electrons. The minimum absolute atomic E-state index is 0.0377. The van der Waals surface area contributed by atoms with Crippen molar-refractivity contribution in [1.29, 1.82) is 0 Å². The summed E-state index contributed by atoms with van der Waals surface area (Å²) in [7, 11) is 0. The molecule has 2 atom stereocenters. The lowest BCUT2D eigenvalue weighted by atomic mass is 9.91. The molecule has 36 heavy (non-hydrogen) atoms. The molecule has 192 valence electrons. The largest absolute Gasteiger partial charge is 0.397 e. The van der Waals surface area contributed by atoms with Gasteiger partial charge in [0.2, 0.25) is 5.79 Å². The summed E-state index contributed by atoms with van der Waals surface area (Å²) in [6, 6.07) is 7.82. The number of amides is 1. The van der Waals surface area contributed by atoms with E-state index in [-0.39, 0.29) is 18.0 Å². The van der Waals surface area contributed by atoms with Crippen LogP contribution in [0.1, 0.15) is 46.9 Å². The Labute approximate surface area is 215 Å². The fraction of sp³-hybridized carbons (Fsp3) is 0.500. The Balaban J connectivity index is 0.00000130. The molecular weight excluding hydrogens is 476 g/mol. The average Bonchev–Trinajstić information content (AvgIpc) is 3.58. The highest BCUT2D eigenvalue weighted by molar-refractivity contribution is 7.21. The third kappa shape index (κ3) is 4.43. The summed E-state index contributed by atoms with van der Waals surface area (Å²) in [5.41, 5.74) is 16.2. The molecule has 3 aromatic heterocycles. The van der Waals surface area contributed by atoms with Crippen molar-refractivity contribution >= 4 is 39.0 Å². The van der Waals surface area contributed by atoms with Crippen molar-refractivity contribution in [2.75, 3.05) is 36.9 Å². The number of ether oxygens (including phenoxy) is 2. The van der Waals surface area contributed by atoms with Crippen LogP contribution < -0.4 is 21.7 Å². The van der Waals surface area contributed by atoms with E-state index in [1.54, 1.807) is 0 Å². The van der Waals surface area contributed by atoms with E-state index in [0.29, 0.717) is 36.9 Å². The highest BCUT2D eigenvalue weighted by Gasteiger charge is 2.50. The molecule has 6 rings (SSSR count). The number of nitrogen functional groups attached to an aromatic ring is 1. The van der Waals surface area contributed by atoms with Crippen LogP contribution in [-0.4, -0.2) is 60.0 Å². The van der Waals surface area contributed by atoms with E-state index < -0.39 is 5.79 Å². The van der Waals surface area contributed by atoms with Gasteiger partial charge in [-0.15, -0.1) is 11.3 Å². The van der Waals surface area contributed by atoms with Gasteiger partial charge in [0.15, 0.2) is 0 Å². The second kappa shape index (κ2) is 9.93. The molecule has 0 bridgehead atoms. The van der Waals surface area contributed by atoms with Gasteiger partial charge in [0.1, 0.15) is 15.5 Å². The smallest absolute Gasteiger partial charge is 0.263 e. The number of nitrogens with two attached hydrogens (primary N) is 2. The third-order valence-corrected chi connectivity index (χ3v) is 8.13. The van der Waals surface area contributed by atoms with Gasteiger partial charge in [-0.3, -0.25) is 4.79 Å². The van der Waals surface area contributed by atoms with Crippen LogP contribution in [0.5, 0.6) is 0 Å². The second-order valence-electron chi connectivity index (χ2n) is 9.33. The molecule has 9 nitrogen and oxygen atoms in total. The van der Waals surface area contributed by atoms with E-state index >= 15 is 0 Å². The zero-order valence-electron chi connectivity index (χ0n) is 21.0. The van der Waals surface area contributed by atoms with Gasteiger partial charge >= 0.3 is 0 Å². The molecular formula is C26H34N6O3S. The van der Waals surface area contributed by atoms with Crippen molar-refractivity contribution in [2.45, 2.75) is 57.9 Å². The van der Waals surface area contributed by atoms with E-state index in [1.165, 1.54) is 11.3 Å². The van der Waals surface area contributed by atoms with E-state index in [9.17, 15) is 4.79 Å². The molecule has 1 aliphatic carbocycles. The van der Waals surface area contributed by atoms with Gasteiger partial charge in [-0.25, -0.2) is 9.97 Å². The average molecular weight is 511 g/mol. The van der Waals surface area contributed by atoms with E-state index in [2.05, 4.69) is 21.3 Å². The van der Waals surface area contributed by atoms with E-state index in [0.717, 1.165) is 52.2 Å².